The van der Waals surface area contributed by atoms with Crippen molar-refractivity contribution in [2.24, 2.45) is 0 Å². The van der Waals surface area contributed by atoms with Crippen LogP contribution < -0.4 is 10.2 Å². The van der Waals surface area contributed by atoms with E-state index in [2.05, 4.69) is 0 Å². The smallest absolute Gasteiger partial charge is 0.338 e. The summed E-state index contributed by atoms with van der Waals surface area (Å²) in [6.45, 7) is 7.72. The van der Waals surface area contributed by atoms with Crippen LogP contribution in [0.25, 0.3) is 22.3 Å². The summed E-state index contributed by atoms with van der Waals surface area (Å²) in [7, 11) is 0. The van der Waals surface area contributed by atoms with Crippen LogP contribution in [0.3, 0.4) is 0 Å². The highest BCUT2D eigenvalue weighted by Crippen LogP contribution is 2.32. The third kappa shape index (κ3) is 4.98. The number of hydrogen-bond acceptors (Lipinski definition) is 5. The van der Waals surface area contributed by atoms with Crippen LogP contribution in [-0.4, -0.2) is 12.1 Å². The van der Waals surface area contributed by atoms with E-state index in [9.17, 15) is 9.59 Å². The Morgan fingerprint density at radius 3 is 2.24 bits per heavy atom. The van der Waals surface area contributed by atoms with E-state index in [0.717, 1.165) is 22.3 Å². The van der Waals surface area contributed by atoms with Gasteiger partial charge in [0.15, 0.2) is 5.76 Å². The van der Waals surface area contributed by atoms with Crippen LogP contribution in [0.2, 0.25) is 0 Å². The molecule has 0 aliphatic carbocycles. The number of carbonyl (C=O) groups is 1. The third-order valence-electron chi connectivity index (χ3n) is 5.24. The Labute approximate surface area is 192 Å². The number of benzene rings is 3. The highest BCUT2D eigenvalue weighted by Gasteiger charge is 2.18. The predicted octanol–water partition coefficient (Wildman–Crippen LogP) is 6.22. The van der Waals surface area contributed by atoms with Crippen molar-refractivity contribution < 1.29 is 18.7 Å². The van der Waals surface area contributed by atoms with Crippen LogP contribution in [0.1, 0.15) is 40.9 Å². The van der Waals surface area contributed by atoms with Crippen molar-refractivity contribution >= 4 is 16.9 Å². The molecule has 0 fully saturated rings. The summed E-state index contributed by atoms with van der Waals surface area (Å²) in [4.78, 5) is 25.4. The van der Waals surface area contributed by atoms with Crippen molar-refractivity contribution in [3.63, 3.8) is 0 Å². The zero-order chi connectivity index (χ0) is 23.5. The molecule has 3 aromatic carbocycles. The molecule has 168 valence electrons. The quantitative estimate of drug-likeness (QED) is 0.332. The monoisotopic (exact) mass is 442 g/mol. The Morgan fingerprint density at radius 1 is 0.909 bits per heavy atom. The highest BCUT2D eigenvalue weighted by atomic mass is 16.5. The zero-order valence-electron chi connectivity index (χ0n) is 19.2. The first-order valence-corrected chi connectivity index (χ1v) is 10.9. The SMILES string of the molecule is Cc1ccc(-c2oc3cc(C)ccc3c(=O)c2OCc2ccc(C(=O)OC(C)C)cc2)cc1. The van der Waals surface area contributed by atoms with E-state index in [-0.39, 0.29) is 29.9 Å². The van der Waals surface area contributed by atoms with Gasteiger partial charge < -0.3 is 13.9 Å². The van der Waals surface area contributed by atoms with Gasteiger partial charge in [0, 0.05) is 5.56 Å². The summed E-state index contributed by atoms with van der Waals surface area (Å²) in [5.74, 6) is 0.193. The van der Waals surface area contributed by atoms with E-state index in [1.807, 2.05) is 64.1 Å². The molecule has 0 radical (unpaired) electrons. The summed E-state index contributed by atoms with van der Waals surface area (Å²) < 4.78 is 17.4. The van der Waals surface area contributed by atoms with Crippen molar-refractivity contribution in [3.05, 3.63) is 99.2 Å². The topological polar surface area (TPSA) is 65.7 Å². The lowest BCUT2D eigenvalue weighted by molar-refractivity contribution is 0.0378. The van der Waals surface area contributed by atoms with E-state index >= 15 is 0 Å². The molecular weight excluding hydrogens is 416 g/mol. The van der Waals surface area contributed by atoms with Gasteiger partial charge >= 0.3 is 5.97 Å². The second-order valence-electron chi connectivity index (χ2n) is 8.39. The molecule has 0 bridgehead atoms. The number of ether oxygens (including phenoxy) is 2. The Balaban J connectivity index is 1.68. The molecule has 0 aliphatic heterocycles. The first-order chi connectivity index (χ1) is 15.8. The van der Waals surface area contributed by atoms with Crippen LogP contribution in [0, 0.1) is 13.8 Å². The zero-order valence-corrected chi connectivity index (χ0v) is 19.2. The van der Waals surface area contributed by atoms with Gasteiger partial charge in [-0.15, -0.1) is 0 Å². The minimum atomic E-state index is -0.371. The van der Waals surface area contributed by atoms with Gasteiger partial charge in [0.1, 0.15) is 12.2 Å². The van der Waals surface area contributed by atoms with Crippen molar-refractivity contribution in [2.45, 2.75) is 40.4 Å². The minimum Gasteiger partial charge on any atom is -0.481 e. The summed E-state index contributed by atoms with van der Waals surface area (Å²) in [5.41, 5.74) is 4.46. The molecule has 0 N–H and O–H groups in total. The van der Waals surface area contributed by atoms with E-state index in [1.165, 1.54) is 0 Å². The molecule has 4 rings (SSSR count). The maximum Gasteiger partial charge on any atom is 0.338 e. The number of hydrogen-bond donors (Lipinski definition) is 0. The van der Waals surface area contributed by atoms with Gasteiger partial charge in [0.05, 0.1) is 17.1 Å². The van der Waals surface area contributed by atoms with Gasteiger partial charge in [-0.25, -0.2) is 4.79 Å². The molecule has 1 heterocycles. The molecule has 1 aromatic heterocycles. The van der Waals surface area contributed by atoms with E-state index in [1.54, 1.807) is 30.3 Å². The first kappa shape index (κ1) is 22.3. The number of rotatable bonds is 6. The molecule has 0 atom stereocenters. The Morgan fingerprint density at radius 2 is 1.58 bits per heavy atom. The molecule has 0 unspecified atom stereocenters. The standard InChI is InChI=1S/C28H26O5/c1-17(2)32-28(30)22-12-8-20(9-13-22)16-31-27-25(29)23-14-7-19(4)15-24(23)33-26(27)21-10-5-18(3)6-11-21/h5-15,17H,16H2,1-4H3. The van der Waals surface area contributed by atoms with Gasteiger partial charge in [0.25, 0.3) is 0 Å². The minimum absolute atomic E-state index is 0.153. The predicted molar refractivity (Wildman–Crippen MR) is 129 cm³/mol. The fourth-order valence-electron chi connectivity index (χ4n) is 3.48. The van der Waals surface area contributed by atoms with Gasteiger partial charge in [-0.2, -0.15) is 0 Å². The van der Waals surface area contributed by atoms with Gasteiger partial charge in [-0.05, 0) is 63.1 Å². The van der Waals surface area contributed by atoms with Gasteiger partial charge in [0.2, 0.25) is 11.2 Å². The van der Waals surface area contributed by atoms with E-state index in [4.69, 9.17) is 13.9 Å². The van der Waals surface area contributed by atoms with Crippen LogP contribution in [0.15, 0.2) is 75.9 Å². The van der Waals surface area contributed by atoms with Gasteiger partial charge in [-0.1, -0.05) is 48.0 Å². The molecule has 0 saturated carbocycles. The van der Waals surface area contributed by atoms with Crippen LogP contribution in [0.5, 0.6) is 5.75 Å². The lowest BCUT2D eigenvalue weighted by atomic mass is 10.1. The van der Waals surface area contributed by atoms with Crippen molar-refractivity contribution in [2.75, 3.05) is 0 Å². The largest absolute Gasteiger partial charge is 0.481 e. The van der Waals surface area contributed by atoms with E-state index < -0.39 is 0 Å². The first-order valence-electron chi connectivity index (χ1n) is 10.9. The van der Waals surface area contributed by atoms with Gasteiger partial charge in [-0.3, -0.25) is 4.79 Å². The molecule has 33 heavy (non-hydrogen) atoms. The van der Waals surface area contributed by atoms with Crippen LogP contribution >= 0.6 is 0 Å². The molecule has 5 nitrogen and oxygen atoms in total. The average Bonchev–Trinajstić information content (AvgIpc) is 2.78. The molecule has 5 heteroatoms. The Kier molecular flexibility index (Phi) is 6.31. The molecule has 0 aliphatic rings. The van der Waals surface area contributed by atoms with Crippen LogP contribution in [0.4, 0.5) is 0 Å². The normalized spacial score (nSPS) is 11.1. The van der Waals surface area contributed by atoms with Crippen molar-refractivity contribution in [1.29, 1.82) is 0 Å². The summed E-state index contributed by atoms with van der Waals surface area (Å²) in [5, 5.41) is 0.471. The highest BCUT2D eigenvalue weighted by molar-refractivity contribution is 5.89. The fraction of sp³-hybridized carbons (Fsp3) is 0.214. The number of fused-ring (bicyclic) bond motifs is 1. The second-order valence-corrected chi connectivity index (χ2v) is 8.39. The maximum absolute atomic E-state index is 13.3. The summed E-state index contributed by atoms with van der Waals surface area (Å²) in [6.07, 6.45) is -0.184. The Hall–Kier alpha value is -3.86. The third-order valence-corrected chi connectivity index (χ3v) is 5.24. The average molecular weight is 443 g/mol. The maximum atomic E-state index is 13.3. The number of carbonyl (C=O) groups excluding carboxylic acids is 1. The molecular formula is C28H26O5. The molecule has 0 saturated heterocycles. The molecule has 0 amide bonds. The fourth-order valence-corrected chi connectivity index (χ4v) is 3.48. The molecule has 4 aromatic rings. The van der Waals surface area contributed by atoms with E-state index in [0.29, 0.717) is 22.3 Å². The van der Waals surface area contributed by atoms with Crippen molar-refractivity contribution in [3.8, 4) is 17.1 Å². The second kappa shape index (κ2) is 9.33. The number of esters is 1. The summed E-state index contributed by atoms with van der Waals surface area (Å²) in [6, 6.07) is 20.2. The summed E-state index contributed by atoms with van der Waals surface area (Å²) >= 11 is 0. The lowest BCUT2D eigenvalue weighted by Crippen LogP contribution is -2.12. The lowest BCUT2D eigenvalue weighted by Gasteiger charge is -2.13. The van der Waals surface area contributed by atoms with Crippen LogP contribution in [-0.2, 0) is 11.3 Å². The molecule has 0 spiro atoms. The number of aryl methyl sites for hydroxylation is 2. The van der Waals surface area contributed by atoms with Crippen molar-refractivity contribution in [1.82, 2.24) is 0 Å². The Bertz CT molecular complexity index is 1350.